The SMILES string of the molecule is O=C(/C=C/c1ccsc1)N1CCC([C@@H](O)c2ccc(F)cc2)CC1. The van der Waals surface area contributed by atoms with Crippen LogP contribution in [0.25, 0.3) is 6.08 Å². The van der Waals surface area contributed by atoms with Crippen LogP contribution in [0.2, 0.25) is 0 Å². The molecule has 1 aliphatic rings. The first-order valence-corrected chi connectivity index (χ1v) is 9.00. The number of halogens is 1. The number of thiophene rings is 1. The van der Waals surface area contributed by atoms with E-state index in [4.69, 9.17) is 0 Å². The fourth-order valence-electron chi connectivity index (χ4n) is 3.01. The van der Waals surface area contributed by atoms with Crippen molar-refractivity contribution >= 4 is 23.3 Å². The molecule has 3 rings (SSSR count). The van der Waals surface area contributed by atoms with Gasteiger partial charge in [0, 0.05) is 19.2 Å². The predicted molar refractivity (Wildman–Crippen MR) is 94.0 cm³/mol. The monoisotopic (exact) mass is 345 g/mol. The second-order valence-corrected chi connectivity index (χ2v) is 6.83. The Kier molecular flexibility index (Phi) is 5.43. The Labute approximate surface area is 145 Å². The lowest BCUT2D eigenvalue weighted by atomic mass is 9.87. The Morgan fingerprint density at radius 3 is 2.58 bits per heavy atom. The maximum atomic E-state index is 13.0. The number of hydrogen-bond donors (Lipinski definition) is 1. The molecule has 0 radical (unpaired) electrons. The van der Waals surface area contributed by atoms with Crippen LogP contribution in [-0.4, -0.2) is 29.0 Å². The van der Waals surface area contributed by atoms with E-state index >= 15 is 0 Å². The van der Waals surface area contributed by atoms with Crippen molar-refractivity contribution in [1.82, 2.24) is 4.90 Å². The Morgan fingerprint density at radius 1 is 1.25 bits per heavy atom. The van der Waals surface area contributed by atoms with Gasteiger partial charge < -0.3 is 10.0 Å². The van der Waals surface area contributed by atoms with Crippen molar-refractivity contribution in [2.45, 2.75) is 18.9 Å². The van der Waals surface area contributed by atoms with E-state index in [0.717, 1.165) is 24.0 Å². The zero-order valence-corrected chi connectivity index (χ0v) is 14.1. The van der Waals surface area contributed by atoms with Gasteiger partial charge in [-0.05, 0) is 64.9 Å². The van der Waals surface area contributed by atoms with E-state index < -0.39 is 6.10 Å². The second-order valence-electron chi connectivity index (χ2n) is 6.05. The number of carbonyl (C=O) groups is 1. The molecular weight excluding hydrogens is 325 g/mol. The maximum Gasteiger partial charge on any atom is 0.246 e. The largest absolute Gasteiger partial charge is 0.388 e. The van der Waals surface area contributed by atoms with Crippen LogP contribution >= 0.6 is 11.3 Å². The molecule has 24 heavy (non-hydrogen) atoms. The van der Waals surface area contributed by atoms with Gasteiger partial charge in [0.25, 0.3) is 0 Å². The summed E-state index contributed by atoms with van der Waals surface area (Å²) in [6.45, 7) is 1.27. The number of piperidine rings is 1. The molecule has 1 amide bonds. The Balaban J connectivity index is 1.53. The van der Waals surface area contributed by atoms with Crippen molar-refractivity contribution in [1.29, 1.82) is 0 Å². The minimum Gasteiger partial charge on any atom is -0.388 e. The number of benzene rings is 1. The van der Waals surface area contributed by atoms with Crippen LogP contribution in [0.5, 0.6) is 0 Å². The van der Waals surface area contributed by atoms with Crippen LogP contribution in [0.15, 0.2) is 47.2 Å². The highest BCUT2D eigenvalue weighted by atomic mass is 32.1. The second kappa shape index (κ2) is 7.73. The third kappa shape index (κ3) is 4.10. The molecule has 0 aliphatic carbocycles. The van der Waals surface area contributed by atoms with Crippen LogP contribution in [-0.2, 0) is 4.79 Å². The Hall–Kier alpha value is -1.98. The van der Waals surface area contributed by atoms with Crippen LogP contribution in [0.4, 0.5) is 4.39 Å². The third-order valence-corrected chi connectivity index (χ3v) is 5.17. The summed E-state index contributed by atoms with van der Waals surface area (Å²) in [4.78, 5) is 14.0. The molecule has 1 saturated heterocycles. The van der Waals surface area contributed by atoms with E-state index in [1.807, 2.05) is 27.8 Å². The third-order valence-electron chi connectivity index (χ3n) is 4.47. The molecule has 5 heteroatoms. The molecule has 1 aromatic heterocycles. The van der Waals surface area contributed by atoms with Gasteiger partial charge in [-0.1, -0.05) is 12.1 Å². The van der Waals surface area contributed by atoms with Gasteiger partial charge in [-0.25, -0.2) is 4.39 Å². The Morgan fingerprint density at radius 2 is 1.96 bits per heavy atom. The minimum absolute atomic E-state index is 0.0101. The highest BCUT2D eigenvalue weighted by Gasteiger charge is 2.27. The lowest BCUT2D eigenvalue weighted by Gasteiger charge is -2.34. The van der Waals surface area contributed by atoms with Gasteiger partial charge in [0.15, 0.2) is 0 Å². The van der Waals surface area contributed by atoms with Crippen molar-refractivity contribution < 1.29 is 14.3 Å². The fraction of sp³-hybridized carbons (Fsp3) is 0.316. The molecule has 1 atom stereocenters. The van der Waals surface area contributed by atoms with Crippen LogP contribution < -0.4 is 0 Å². The molecule has 0 unspecified atom stereocenters. The normalized spacial score (nSPS) is 17.3. The zero-order valence-electron chi connectivity index (χ0n) is 13.3. The quantitative estimate of drug-likeness (QED) is 0.855. The molecule has 1 N–H and O–H groups in total. The van der Waals surface area contributed by atoms with Crippen molar-refractivity contribution in [3.63, 3.8) is 0 Å². The summed E-state index contributed by atoms with van der Waals surface area (Å²) in [5.41, 5.74) is 1.77. The summed E-state index contributed by atoms with van der Waals surface area (Å²) in [5, 5.41) is 14.4. The molecule has 1 fully saturated rings. The summed E-state index contributed by atoms with van der Waals surface area (Å²) in [6.07, 6.45) is 4.33. The number of hydrogen-bond acceptors (Lipinski definition) is 3. The molecule has 3 nitrogen and oxygen atoms in total. The lowest BCUT2D eigenvalue weighted by molar-refractivity contribution is -0.127. The number of aliphatic hydroxyl groups excluding tert-OH is 1. The van der Waals surface area contributed by atoms with E-state index in [2.05, 4.69) is 0 Å². The molecule has 2 aromatic rings. The van der Waals surface area contributed by atoms with E-state index in [1.54, 1.807) is 29.5 Å². The topological polar surface area (TPSA) is 40.5 Å². The summed E-state index contributed by atoms with van der Waals surface area (Å²) < 4.78 is 13.0. The first-order valence-electron chi connectivity index (χ1n) is 8.06. The van der Waals surface area contributed by atoms with Crippen molar-refractivity contribution in [2.24, 2.45) is 5.92 Å². The van der Waals surface area contributed by atoms with Gasteiger partial charge in [-0.15, -0.1) is 0 Å². The van der Waals surface area contributed by atoms with Crippen molar-refractivity contribution in [3.8, 4) is 0 Å². The molecule has 0 bridgehead atoms. The van der Waals surface area contributed by atoms with Gasteiger partial charge in [0.05, 0.1) is 6.10 Å². The minimum atomic E-state index is -0.607. The smallest absolute Gasteiger partial charge is 0.246 e. The van der Waals surface area contributed by atoms with E-state index in [9.17, 15) is 14.3 Å². The first kappa shape index (κ1) is 16.9. The average molecular weight is 345 g/mol. The van der Waals surface area contributed by atoms with Gasteiger partial charge in [-0.3, -0.25) is 4.79 Å². The van der Waals surface area contributed by atoms with Gasteiger partial charge >= 0.3 is 0 Å². The summed E-state index contributed by atoms with van der Waals surface area (Å²) in [5.74, 6) is -0.194. The van der Waals surface area contributed by atoms with Crippen molar-refractivity contribution in [2.75, 3.05) is 13.1 Å². The Bertz CT molecular complexity index is 689. The highest BCUT2D eigenvalue weighted by Crippen LogP contribution is 2.30. The molecule has 1 aromatic carbocycles. The van der Waals surface area contributed by atoms with Crippen molar-refractivity contribution in [3.05, 3.63) is 64.1 Å². The zero-order chi connectivity index (χ0) is 16.9. The van der Waals surface area contributed by atoms with Crippen LogP contribution in [0.1, 0.15) is 30.1 Å². The number of likely N-dealkylation sites (tertiary alicyclic amines) is 1. The lowest BCUT2D eigenvalue weighted by Crippen LogP contribution is -2.38. The number of carbonyl (C=O) groups excluding carboxylic acids is 1. The van der Waals surface area contributed by atoms with Gasteiger partial charge in [-0.2, -0.15) is 11.3 Å². The van der Waals surface area contributed by atoms with Gasteiger partial charge in [0.2, 0.25) is 5.91 Å². The van der Waals surface area contributed by atoms with E-state index in [-0.39, 0.29) is 17.6 Å². The van der Waals surface area contributed by atoms with Gasteiger partial charge in [0.1, 0.15) is 5.82 Å². The molecule has 126 valence electrons. The van der Waals surface area contributed by atoms with Crippen LogP contribution in [0.3, 0.4) is 0 Å². The molecular formula is C19H20FNO2S. The maximum absolute atomic E-state index is 13.0. The predicted octanol–water partition coefficient (Wildman–Crippen LogP) is 3.87. The molecule has 0 saturated carbocycles. The average Bonchev–Trinajstić information content (AvgIpc) is 3.13. The number of amides is 1. The van der Waals surface area contributed by atoms with E-state index in [1.165, 1.54) is 12.1 Å². The molecule has 0 spiro atoms. The summed E-state index contributed by atoms with van der Waals surface area (Å²) in [6, 6.07) is 7.96. The molecule has 2 heterocycles. The standard InChI is InChI=1S/C19H20FNO2S/c20-17-4-2-15(3-5-17)19(23)16-7-10-21(11-8-16)18(22)6-1-14-9-12-24-13-14/h1-6,9,12-13,16,19,23H,7-8,10-11H2/b6-1+/t19-/m0/s1. The summed E-state index contributed by atoms with van der Waals surface area (Å²) in [7, 11) is 0. The number of nitrogens with zero attached hydrogens (tertiary/aromatic N) is 1. The van der Waals surface area contributed by atoms with E-state index in [0.29, 0.717) is 13.1 Å². The number of aliphatic hydroxyl groups is 1. The highest BCUT2D eigenvalue weighted by molar-refractivity contribution is 7.08. The first-order chi connectivity index (χ1) is 11.6. The molecule has 1 aliphatic heterocycles. The summed E-state index contributed by atoms with van der Waals surface area (Å²) >= 11 is 1.60. The van der Waals surface area contributed by atoms with Crippen LogP contribution in [0, 0.1) is 11.7 Å². The number of rotatable bonds is 4. The fourth-order valence-corrected chi connectivity index (χ4v) is 3.64.